The Kier molecular flexibility index (Phi) is 5.39. The summed E-state index contributed by atoms with van der Waals surface area (Å²) in [5.74, 6) is 0.795. The minimum absolute atomic E-state index is 0.229. The first-order chi connectivity index (χ1) is 9.84. The van der Waals surface area contributed by atoms with Gasteiger partial charge in [-0.15, -0.1) is 0 Å². The number of nitrogens with zero attached hydrogens (tertiary/aromatic N) is 1. The molecule has 1 aromatic heterocycles. The van der Waals surface area contributed by atoms with Crippen molar-refractivity contribution in [1.29, 1.82) is 0 Å². The monoisotopic (exact) mass is 271 g/mol. The molecule has 0 saturated carbocycles. The lowest BCUT2D eigenvalue weighted by Gasteiger charge is -2.08. The highest BCUT2D eigenvalue weighted by atomic mass is 16.5. The van der Waals surface area contributed by atoms with Crippen LogP contribution in [0.15, 0.2) is 54.7 Å². The van der Waals surface area contributed by atoms with Crippen LogP contribution < -0.4 is 15.4 Å². The summed E-state index contributed by atoms with van der Waals surface area (Å²) >= 11 is 0. The minimum atomic E-state index is -0.229. The third-order valence-corrected chi connectivity index (χ3v) is 2.56. The van der Waals surface area contributed by atoms with Gasteiger partial charge in [-0.2, -0.15) is 0 Å². The van der Waals surface area contributed by atoms with Gasteiger partial charge in [0.2, 0.25) is 0 Å². The number of hydrogen-bond donors (Lipinski definition) is 2. The van der Waals surface area contributed by atoms with E-state index in [-0.39, 0.29) is 6.03 Å². The Morgan fingerprint density at radius 1 is 1.05 bits per heavy atom. The van der Waals surface area contributed by atoms with Crippen molar-refractivity contribution in [2.24, 2.45) is 0 Å². The molecule has 0 atom stereocenters. The topological polar surface area (TPSA) is 63.2 Å². The third kappa shape index (κ3) is 4.97. The Balaban J connectivity index is 1.59. The van der Waals surface area contributed by atoms with Crippen molar-refractivity contribution in [3.8, 4) is 5.75 Å². The molecule has 2 aromatic rings. The predicted molar refractivity (Wildman–Crippen MR) is 76.4 cm³/mol. The van der Waals surface area contributed by atoms with Crippen LogP contribution in [0.1, 0.15) is 5.69 Å². The van der Waals surface area contributed by atoms with E-state index in [1.807, 2.05) is 48.5 Å². The van der Waals surface area contributed by atoms with Gasteiger partial charge in [-0.05, 0) is 24.3 Å². The van der Waals surface area contributed by atoms with Gasteiger partial charge in [0.25, 0.3) is 0 Å². The van der Waals surface area contributed by atoms with Crippen LogP contribution in [-0.4, -0.2) is 24.2 Å². The molecule has 104 valence electrons. The second-order valence-electron chi connectivity index (χ2n) is 4.09. The number of pyridine rings is 1. The molecule has 5 nitrogen and oxygen atoms in total. The van der Waals surface area contributed by atoms with E-state index in [1.165, 1.54) is 0 Å². The molecule has 1 heterocycles. The zero-order valence-corrected chi connectivity index (χ0v) is 11.1. The Hall–Kier alpha value is -2.56. The van der Waals surface area contributed by atoms with Crippen LogP contribution in [0.3, 0.4) is 0 Å². The highest BCUT2D eigenvalue weighted by molar-refractivity contribution is 5.73. The largest absolute Gasteiger partial charge is 0.492 e. The maximum Gasteiger partial charge on any atom is 0.315 e. The SMILES string of the molecule is O=C(NCCOc1ccccc1)NCc1ccccn1. The fourth-order valence-corrected chi connectivity index (χ4v) is 1.59. The molecule has 1 aromatic carbocycles. The van der Waals surface area contributed by atoms with E-state index in [9.17, 15) is 4.79 Å². The number of carbonyl (C=O) groups is 1. The summed E-state index contributed by atoms with van der Waals surface area (Å²) in [7, 11) is 0. The molecule has 0 aliphatic rings. The molecule has 0 aliphatic heterocycles. The third-order valence-electron chi connectivity index (χ3n) is 2.56. The quantitative estimate of drug-likeness (QED) is 0.789. The summed E-state index contributed by atoms with van der Waals surface area (Å²) in [6.45, 7) is 1.29. The first kappa shape index (κ1) is 13.9. The van der Waals surface area contributed by atoms with Gasteiger partial charge in [0.05, 0.1) is 18.8 Å². The predicted octanol–water partition coefficient (Wildman–Crippen LogP) is 1.96. The second kappa shape index (κ2) is 7.78. The molecule has 0 spiro atoms. The van der Waals surface area contributed by atoms with Gasteiger partial charge in [-0.1, -0.05) is 24.3 Å². The molecular weight excluding hydrogens is 254 g/mol. The Morgan fingerprint density at radius 3 is 2.60 bits per heavy atom. The number of para-hydroxylation sites is 1. The van der Waals surface area contributed by atoms with Crippen LogP contribution in [0.5, 0.6) is 5.75 Å². The highest BCUT2D eigenvalue weighted by Gasteiger charge is 2.00. The molecule has 5 heteroatoms. The molecule has 2 amide bonds. The van der Waals surface area contributed by atoms with E-state index in [0.717, 1.165) is 11.4 Å². The maximum absolute atomic E-state index is 11.5. The number of ether oxygens (including phenoxy) is 1. The standard InChI is InChI=1S/C15H17N3O2/c19-15(18-12-13-6-4-5-9-16-13)17-10-11-20-14-7-2-1-3-8-14/h1-9H,10-12H2,(H2,17,18,19). The van der Waals surface area contributed by atoms with Crippen molar-refractivity contribution in [3.05, 3.63) is 60.4 Å². The average Bonchev–Trinajstić information content (AvgIpc) is 2.52. The van der Waals surface area contributed by atoms with Gasteiger partial charge in [0.15, 0.2) is 0 Å². The molecule has 0 unspecified atom stereocenters. The van der Waals surface area contributed by atoms with Crippen LogP contribution in [-0.2, 0) is 6.54 Å². The number of carbonyl (C=O) groups excluding carboxylic acids is 1. The summed E-state index contributed by atoms with van der Waals surface area (Å²) in [6, 6.07) is 14.8. The molecule has 0 bridgehead atoms. The lowest BCUT2D eigenvalue weighted by molar-refractivity contribution is 0.236. The second-order valence-corrected chi connectivity index (χ2v) is 4.09. The molecule has 0 fully saturated rings. The number of benzene rings is 1. The maximum atomic E-state index is 11.5. The van der Waals surface area contributed by atoms with Crippen molar-refractivity contribution in [3.63, 3.8) is 0 Å². The minimum Gasteiger partial charge on any atom is -0.492 e. The van der Waals surface area contributed by atoms with E-state index in [2.05, 4.69) is 15.6 Å². The number of aromatic nitrogens is 1. The summed E-state index contributed by atoms with van der Waals surface area (Å²) < 4.78 is 5.46. The summed E-state index contributed by atoms with van der Waals surface area (Å²) in [6.07, 6.45) is 1.70. The van der Waals surface area contributed by atoms with Crippen LogP contribution in [0.4, 0.5) is 4.79 Å². The highest BCUT2D eigenvalue weighted by Crippen LogP contribution is 2.07. The van der Waals surface area contributed by atoms with Crippen molar-refractivity contribution < 1.29 is 9.53 Å². The summed E-state index contributed by atoms with van der Waals surface area (Å²) in [5, 5.41) is 5.45. The van der Waals surface area contributed by atoms with E-state index < -0.39 is 0 Å². The molecular formula is C15H17N3O2. The number of nitrogens with one attached hydrogen (secondary N) is 2. The lowest BCUT2D eigenvalue weighted by atomic mass is 10.3. The van der Waals surface area contributed by atoms with Crippen molar-refractivity contribution >= 4 is 6.03 Å². The van der Waals surface area contributed by atoms with Gasteiger partial charge in [0, 0.05) is 6.20 Å². The normalized spacial score (nSPS) is 9.80. The summed E-state index contributed by atoms with van der Waals surface area (Å²) in [5.41, 5.74) is 0.822. The van der Waals surface area contributed by atoms with Crippen LogP contribution in [0, 0.1) is 0 Å². The molecule has 2 rings (SSSR count). The van der Waals surface area contributed by atoms with E-state index in [1.54, 1.807) is 6.20 Å². The number of rotatable bonds is 6. The average molecular weight is 271 g/mol. The fourth-order valence-electron chi connectivity index (χ4n) is 1.59. The van der Waals surface area contributed by atoms with E-state index in [0.29, 0.717) is 19.7 Å². The Labute approximate surface area is 118 Å². The molecule has 2 N–H and O–H groups in total. The molecule has 0 saturated heterocycles. The zero-order valence-electron chi connectivity index (χ0n) is 11.1. The van der Waals surface area contributed by atoms with Crippen LogP contribution >= 0.6 is 0 Å². The lowest BCUT2D eigenvalue weighted by Crippen LogP contribution is -2.37. The number of hydrogen-bond acceptors (Lipinski definition) is 3. The first-order valence-electron chi connectivity index (χ1n) is 6.44. The number of amides is 2. The van der Waals surface area contributed by atoms with Crippen LogP contribution in [0.2, 0.25) is 0 Å². The Bertz CT molecular complexity index is 517. The number of urea groups is 1. The van der Waals surface area contributed by atoms with Crippen LogP contribution in [0.25, 0.3) is 0 Å². The first-order valence-corrected chi connectivity index (χ1v) is 6.44. The van der Waals surface area contributed by atoms with Crippen molar-refractivity contribution in [2.45, 2.75) is 6.54 Å². The van der Waals surface area contributed by atoms with Gasteiger partial charge < -0.3 is 15.4 Å². The van der Waals surface area contributed by atoms with E-state index in [4.69, 9.17) is 4.74 Å². The zero-order chi connectivity index (χ0) is 14.0. The van der Waals surface area contributed by atoms with Gasteiger partial charge in [0.1, 0.15) is 12.4 Å². The van der Waals surface area contributed by atoms with Gasteiger partial charge in [-0.25, -0.2) is 4.79 Å². The van der Waals surface area contributed by atoms with Crippen molar-refractivity contribution in [2.75, 3.05) is 13.2 Å². The van der Waals surface area contributed by atoms with Crippen molar-refractivity contribution in [1.82, 2.24) is 15.6 Å². The molecule has 20 heavy (non-hydrogen) atoms. The molecule has 0 aliphatic carbocycles. The van der Waals surface area contributed by atoms with E-state index >= 15 is 0 Å². The van der Waals surface area contributed by atoms with Gasteiger partial charge in [-0.3, -0.25) is 4.98 Å². The van der Waals surface area contributed by atoms with Gasteiger partial charge >= 0.3 is 6.03 Å². The Morgan fingerprint density at radius 2 is 1.85 bits per heavy atom. The summed E-state index contributed by atoms with van der Waals surface area (Å²) in [4.78, 5) is 15.6. The molecule has 0 radical (unpaired) electrons. The smallest absolute Gasteiger partial charge is 0.315 e. The fraction of sp³-hybridized carbons (Fsp3) is 0.200.